The van der Waals surface area contributed by atoms with Crippen LogP contribution in [0.2, 0.25) is 5.02 Å². The minimum absolute atomic E-state index is 0.179. The minimum atomic E-state index is -0.287. The van der Waals surface area contributed by atoms with Crippen LogP contribution in [0.1, 0.15) is 37.0 Å². The van der Waals surface area contributed by atoms with E-state index in [0.29, 0.717) is 10.7 Å². The highest BCUT2D eigenvalue weighted by atomic mass is 35.5. The molecule has 5 heteroatoms. The third-order valence-electron chi connectivity index (χ3n) is 2.66. The van der Waals surface area contributed by atoms with E-state index in [2.05, 4.69) is 10.4 Å². The van der Waals surface area contributed by atoms with Gasteiger partial charge in [0.25, 0.3) is 5.91 Å². The number of nitrogens with one attached hydrogen (secondary N) is 1. The lowest BCUT2D eigenvalue weighted by molar-refractivity contribution is 0.0914. The highest BCUT2D eigenvalue weighted by molar-refractivity contribution is 6.30. The Balaban J connectivity index is 2.33. The van der Waals surface area contributed by atoms with E-state index in [1.165, 1.54) is 0 Å². The van der Waals surface area contributed by atoms with E-state index in [-0.39, 0.29) is 11.4 Å². The number of carbonyl (C=O) groups is 1. The van der Waals surface area contributed by atoms with E-state index in [4.69, 9.17) is 11.6 Å². The van der Waals surface area contributed by atoms with Crippen LogP contribution in [0.25, 0.3) is 5.69 Å². The predicted octanol–water partition coefficient (Wildman–Crippen LogP) is 3.36. The first kappa shape index (κ1) is 14.6. The van der Waals surface area contributed by atoms with Crippen LogP contribution >= 0.6 is 11.6 Å². The molecule has 20 heavy (non-hydrogen) atoms. The Morgan fingerprint density at radius 2 is 2.00 bits per heavy atom. The number of nitrogens with zero attached hydrogens (tertiary/aromatic N) is 2. The van der Waals surface area contributed by atoms with Gasteiger partial charge < -0.3 is 5.32 Å². The van der Waals surface area contributed by atoms with E-state index in [0.717, 1.165) is 11.4 Å². The number of amides is 1. The minimum Gasteiger partial charge on any atom is -0.346 e. The van der Waals surface area contributed by atoms with Gasteiger partial charge in [0.05, 0.1) is 5.69 Å². The van der Waals surface area contributed by atoms with Crippen LogP contribution in [0.3, 0.4) is 0 Å². The molecule has 0 radical (unpaired) electrons. The fourth-order valence-corrected chi connectivity index (χ4v) is 2.04. The number of rotatable bonds is 2. The summed E-state index contributed by atoms with van der Waals surface area (Å²) in [6.07, 6.45) is 0. The zero-order chi connectivity index (χ0) is 14.9. The summed E-state index contributed by atoms with van der Waals surface area (Å²) in [6.45, 7) is 7.71. The predicted molar refractivity (Wildman–Crippen MR) is 80.5 cm³/mol. The van der Waals surface area contributed by atoms with E-state index in [1.807, 2.05) is 45.9 Å². The average molecular weight is 292 g/mol. The third-order valence-corrected chi connectivity index (χ3v) is 2.90. The molecule has 1 N–H and O–H groups in total. The molecule has 0 unspecified atom stereocenters. The van der Waals surface area contributed by atoms with Crippen molar-refractivity contribution in [1.82, 2.24) is 15.1 Å². The van der Waals surface area contributed by atoms with Crippen molar-refractivity contribution in [1.29, 1.82) is 0 Å². The van der Waals surface area contributed by atoms with Gasteiger partial charge in [-0.25, -0.2) is 4.68 Å². The fourth-order valence-electron chi connectivity index (χ4n) is 1.86. The second-order valence-electron chi connectivity index (χ2n) is 5.77. The number of aromatic nitrogens is 2. The Morgan fingerprint density at radius 3 is 2.60 bits per heavy atom. The molecule has 0 saturated carbocycles. The first-order valence-corrected chi connectivity index (χ1v) is 6.79. The molecule has 0 saturated heterocycles. The molecule has 106 valence electrons. The fraction of sp³-hybridized carbons (Fsp3) is 0.333. The molecule has 0 spiro atoms. The maximum Gasteiger partial charge on any atom is 0.272 e. The average Bonchev–Trinajstić information content (AvgIpc) is 2.69. The van der Waals surface area contributed by atoms with Crippen LogP contribution in [0.4, 0.5) is 0 Å². The van der Waals surface area contributed by atoms with Crippen LogP contribution in [0.5, 0.6) is 0 Å². The standard InChI is InChI=1S/C15H18ClN3O/c1-10-8-13(14(20)17-15(2,3)4)18-19(10)12-7-5-6-11(16)9-12/h5-9H,1-4H3,(H,17,20). The summed E-state index contributed by atoms with van der Waals surface area (Å²) in [5.74, 6) is -0.179. The molecule has 2 aromatic rings. The summed E-state index contributed by atoms with van der Waals surface area (Å²) in [6, 6.07) is 9.14. The molecule has 1 aromatic carbocycles. The molecule has 1 aromatic heterocycles. The van der Waals surface area contributed by atoms with Crippen LogP contribution in [0.15, 0.2) is 30.3 Å². The largest absolute Gasteiger partial charge is 0.346 e. The highest BCUT2D eigenvalue weighted by Crippen LogP contribution is 2.17. The zero-order valence-corrected chi connectivity index (χ0v) is 12.8. The normalized spacial score (nSPS) is 11.4. The van der Waals surface area contributed by atoms with E-state index in [1.54, 1.807) is 16.8 Å². The maximum absolute atomic E-state index is 12.1. The summed E-state index contributed by atoms with van der Waals surface area (Å²) in [5.41, 5.74) is 1.83. The Bertz CT molecular complexity index is 641. The maximum atomic E-state index is 12.1. The smallest absolute Gasteiger partial charge is 0.272 e. The van der Waals surface area contributed by atoms with Crippen molar-refractivity contribution < 1.29 is 4.79 Å². The van der Waals surface area contributed by atoms with Crippen molar-refractivity contribution in [3.05, 3.63) is 46.7 Å². The number of hydrogen-bond donors (Lipinski definition) is 1. The molecule has 0 aliphatic rings. The van der Waals surface area contributed by atoms with Gasteiger partial charge in [-0.1, -0.05) is 17.7 Å². The Labute approximate surface area is 123 Å². The lowest BCUT2D eigenvalue weighted by atomic mass is 10.1. The van der Waals surface area contributed by atoms with E-state index < -0.39 is 0 Å². The number of aryl methyl sites for hydroxylation is 1. The molecule has 1 amide bonds. The van der Waals surface area contributed by atoms with Gasteiger partial charge in [-0.2, -0.15) is 5.10 Å². The summed E-state index contributed by atoms with van der Waals surface area (Å²) in [5, 5.41) is 7.89. The Morgan fingerprint density at radius 1 is 1.30 bits per heavy atom. The lowest BCUT2D eigenvalue weighted by Crippen LogP contribution is -2.40. The van der Waals surface area contributed by atoms with Gasteiger partial charge in [-0.15, -0.1) is 0 Å². The highest BCUT2D eigenvalue weighted by Gasteiger charge is 2.18. The quantitative estimate of drug-likeness (QED) is 0.922. The SMILES string of the molecule is Cc1cc(C(=O)NC(C)(C)C)nn1-c1cccc(Cl)c1. The van der Waals surface area contributed by atoms with Crippen LogP contribution in [0, 0.1) is 6.92 Å². The first-order valence-electron chi connectivity index (χ1n) is 6.41. The van der Waals surface area contributed by atoms with Crippen molar-refractivity contribution in [2.24, 2.45) is 0 Å². The second kappa shape index (κ2) is 5.29. The van der Waals surface area contributed by atoms with Gasteiger partial charge in [0.15, 0.2) is 5.69 Å². The summed E-state index contributed by atoms with van der Waals surface area (Å²) >= 11 is 5.98. The topological polar surface area (TPSA) is 46.9 Å². The molecule has 0 atom stereocenters. The Hall–Kier alpha value is -1.81. The number of carbonyl (C=O) groups excluding carboxylic acids is 1. The molecule has 0 aliphatic heterocycles. The van der Waals surface area contributed by atoms with E-state index in [9.17, 15) is 4.79 Å². The number of benzene rings is 1. The molecule has 0 bridgehead atoms. The zero-order valence-electron chi connectivity index (χ0n) is 12.1. The van der Waals surface area contributed by atoms with Gasteiger partial charge in [-0.3, -0.25) is 4.79 Å². The van der Waals surface area contributed by atoms with E-state index >= 15 is 0 Å². The second-order valence-corrected chi connectivity index (χ2v) is 6.20. The van der Waals surface area contributed by atoms with Gasteiger partial charge in [-0.05, 0) is 52.0 Å². The monoisotopic (exact) mass is 291 g/mol. The van der Waals surface area contributed by atoms with Gasteiger partial charge in [0.1, 0.15) is 0 Å². The van der Waals surface area contributed by atoms with Gasteiger partial charge in [0.2, 0.25) is 0 Å². The lowest BCUT2D eigenvalue weighted by Gasteiger charge is -2.19. The molecule has 2 rings (SSSR count). The van der Waals surface area contributed by atoms with Crippen molar-refractivity contribution >= 4 is 17.5 Å². The van der Waals surface area contributed by atoms with Crippen LogP contribution in [-0.4, -0.2) is 21.2 Å². The molecular formula is C15H18ClN3O. The van der Waals surface area contributed by atoms with Gasteiger partial charge >= 0.3 is 0 Å². The molecule has 0 aliphatic carbocycles. The van der Waals surface area contributed by atoms with Crippen LogP contribution < -0.4 is 5.32 Å². The molecular weight excluding hydrogens is 274 g/mol. The summed E-state index contributed by atoms with van der Waals surface area (Å²) < 4.78 is 1.71. The third kappa shape index (κ3) is 3.39. The molecule has 1 heterocycles. The summed E-state index contributed by atoms with van der Waals surface area (Å²) in [4.78, 5) is 12.1. The molecule has 4 nitrogen and oxygen atoms in total. The summed E-state index contributed by atoms with van der Waals surface area (Å²) in [7, 11) is 0. The number of halogens is 1. The van der Waals surface area contributed by atoms with Crippen LogP contribution in [-0.2, 0) is 0 Å². The van der Waals surface area contributed by atoms with Crippen molar-refractivity contribution in [2.75, 3.05) is 0 Å². The number of hydrogen-bond acceptors (Lipinski definition) is 2. The van der Waals surface area contributed by atoms with Crippen molar-refractivity contribution in [3.8, 4) is 5.69 Å². The first-order chi connectivity index (χ1) is 9.26. The van der Waals surface area contributed by atoms with Crippen molar-refractivity contribution in [3.63, 3.8) is 0 Å². The van der Waals surface area contributed by atoms with Gasteiger partial charge in [0, 0.05) is 16.3 Å². The Kier molecular flexibility index (Phi) is 3.86. The van der Waals surface area contributed by atoms with Crippen molar-refractivity contribution in [2.45, 2.75) is 33.2 Å². The molecule has 0 fully saturated rings.